The molecule has 2 nitrogen and oxygen atoms in total. The summed E-state index contributed by atoms with van der Waals surface area (Å²) in [5.41, 5.74) is 0. The zero-order valence-corrected chi connectivity index (χ0v) is 5.49. The Kier molecular flexibility index (Phi) is 80.1. The number of hydrogen-bond acceptors (Lipinski definition) is 1. The summed E-state index contributed by atoms with van der Waals surface area (Å²) in [6.45, 7) is 1.44. The van der Waals surface area contributed by atoms with Gasteiger partial charge in [-0.1, -0.05) is 0 Å². The van der Waals surface area contributed by atoms with Crippen molar-refractivity contribution < 1.29 is 41.3 Å². The van der Waals surface area contributed by atoms with Gasteiger partial charge in [0, 0.05) is 0 Å². The molecule has 0 aliphatic carbocycles. The Morgan fingerprint density at radius 3 is 1.80 bits per heavy atom. The number of carbonyl (C=O) groups is 1. The topological polar surface area (TPSA) is 48.6 Å². The summed E-state index contributed by atoms with van der Waals surface area (Å²) in [7, 11) is 0. The van der Waals surface area contributed by atoms with Crippen LogP contribution >= 0.6 is 0 Å². The first-order valence-electron chi connectivity index (χ1n) is 0.813. The molecule has 0 aromatic rings. The van der Waals surface area contributed by atoms with Crippen LogP contribution in [-0.2, 0) is 4.79 Å². The number of hydrogen-bond donors (Lipinski definition) is 0. The van der Waals surface area contributed by atoms with Crippen LogP contribution in [0.4, 0.5) is 0 Å². The quantitative estimate of drug-likeness (QED) is 0.223. The molecule has 0 amide bonds. The summed E-state index contributed by atoms with van der Waals surface area (Å²) in [4.78, 5) is 8.81. The van der Waals surface area contributed by atoms with Gasteiger partial charge < -0.3 is 11.7 Å². The van der Waals surface area contributed by atoms with Crippen molar-refractivity contribution in [1.82, 2.24) is 0 Å². The van der Waals surface area contributed by atoms with E-state index in [2.05, 4.69) is 0 Å². The van der Waals surface area contributed by atoms with Gasteiger partial charge in [-0.3, -0.25) is 0 Å². The molecule has 3 heteroatoms. The van der Waals surface area contributed by atoms with Crippen molar-refractivity contribution in [3.8, 4) is 0 Å². The van der Waals surface area contributed by atoms with E-state index in [0.717, 1.165) is 6.29 Å². The minimum Gasteiger partial charge on any atom is -1.00 e. The van der Waals surface area contributed by atoms with Gasteiger partial charge in [0.25, 0.3) is 0 Å². The van der Waals surface area contributed by atoms with E-state index in [1.807, 2.05) is 0 Å². The van der Waals surface area contributed by atoms with Crippen molar-refractivity contribution >= 4 is 6.29 Å². The molecule has 0 fully saturated rings. The molecular formula is C2H7NaO2. The van der Waals surface area contributed by atoms with Gasteiger partial charge in [0.05, 0.1) is 0 Å². The van der Waals surface area contributed by atoms with E-state index in [1.54, 1.807) is 0 Å². The Balaban J connectivity index is -0.00000000667. The van der Waals surface area contributed by atoms with Crippen LogP contribution in [0.2, 0.25) is 0 Å². The Labute approximate surface area is 54.6 Å². The van der Waals surface area contributed by atoms with Crippen LogP contribution in [-0.4, -0.2) is 11.8 Å². The Morgan fingerprint density at radius 2 is 1.80 bits per heavy atom. The van der Waals surface area contributed by atoms with E-state index >= 15 is 0 Å². The second kappa shape index (κ2) is 23.0. The SMILES string of the molecule is CC=O.O.[H-].[Na+]. The zero-order valence-electron chi connectivity index (χ0n) is 4.49. The zero-order chi connectivity index (χ0) is 2.71. The fraction of sp³-hybridized carbons (Fsp3) is 0.500. The second-order valence-electron chi connectivity index (χ2n) is 0.236. The minimum atomic E-state index is 0. The maximum atomic E-state index is 8.81. The number of aldehydes is 1. The number of carbonyl (C=O) groups excluding carboxylic acids is 1. The average Bonchev–Trinajstić information content (AvgIpc) is 0.918. The summed E-state index contributed by atoms with van der Waals surface area (Å²) in [6.07, 6.45) is 0.750. The van der Waals surface area contributed by atoms with Crippen molar-refractivity contribution in [3.05, 3.63) is 0 Å². The van der Waals surface area contributed by atoms with Gasteiger partial charge >= 0.3 is 29.6 Å². The van der Waals surface area contributed by atoms with Crippen LogP contribution in [0, 0.1) is 0 Å². The largest absolute Gasteiger partial charge is 1.00 e. The molecule has 0 aliphatic rings. The first-order chi connectivity index (χ1) is 1.41. The van der Waals surface area contributed by atoms with Crippen molar-refractivity contribution in [2.75, 3.05) is 0 Å². The summed E-state index contributed by atoms with van der Waals surface area (Å²) in [5, 5.41) is 0. The van der Waals surface area contributed by atoms with Crippen LogP contribution in [0.1, 0.15) is 8.35 Å². The third-order valence-electron chi connectivity index (χ3n) is 0. The van der Waals surface area contributed by atoms with Crippen molar-refractivity contribution in [2.45, 2.75) is 6.92 Å². The number of rotatable bonds is 0. The van der Waals surface area contributed by atoms with Gasteiger partial charge in [0.2, 0.25) is 0 Å². The predicted octanol–water partition coefficient (Wildman–Crippen LogP) is -3.50. The fourth-order valence-electron chi connectivity index (χ4n) is 0. The third kappa shape index (κ3) is 80.7. The second-order valence-corrected chi connectivity index (χ2v) is 0.236. The molecule has 28 valence electrons. The molecule has 0 unspecified atom stereocenters. The van der Waals surface area contributed by atoms with Gasteiger partial charge in [0.15, 0.2) is 0 Å². The maximum Gasteiger partial charge on any atom is 1.00 e. The molecule has 2 N–H and O–H groups in total. The molecule has 0 saturated carbocycles. The molecular weight excluding hydrogens is 79.0 g/mol. The smallest absolute Gasteiger partial charge is 1.00 e. The molecule has 0 atom stereocenters. The molecule has 5 heavy (non-hydrogen) atoms. The molecule has 0 aliphatic heterocycles. The monoisotopic (exact) mass is 86.0 g/mol. The van der Waals surface area contributed by atoms with Crippen LogP contribution in [0.15, 0.2) is 0 Å². The summed E-state index contributed by atoms with van der Waals surface area (Å²) in [6, 6.07) is 0. The Bertz CT molecular complexity index is 19.0. The Hall–Kier alpha value is 0.630. The van der Waals surface area contributed by atoms with E-state index in [0.29, 0.717) is 0 Å². The molecule has 0 aromatic carbocycles. The first-order valence-corrected chi connectivity index (χ1v) is 0.813. The van der Waals surface area contributed by atoms with Gasteiger partial charge in [-0.25, -0.2) is 0 Å². The van der Waals surface area contributed by atoms with E-state index in [9.17, 15) is 0 Å². The van der Waals surface area contributed by atoms with E-state index in [4.69, 9.17) is 4.79 Å². The summed E-state index contributed by atoms with van der Waals surface area (Å²) < 4.78 is 0. The van der Waals surface area contributed by atoms with E-state index < -0.39 is 0 Å². The molecule has 0 saturated heterocycles. The van der Waals surface area contributed by atoms with E-state index in [1.165, 1.54) is 6.92 Å². The van der Waals surface area contributed by atoms with Crippen molar-refractivity contribution in [1.29, 1.82) is 0 Å². The fourth-order valence-corrected chi connectivity index (χ4v) is 0. The van der Waals surface area contributed by atoms with Gasteiger partial charge in [-0.15, -0.1) is 0 Å². The van der Waals surface area contributed by atoms with Gasteiger partial charge in [-0.05, 0) is 6.92 Å². The van der Waals surface area contributed by atoms with Crippen LogP contribution in [0.3, 0.4) is 0 Å². The maximum absolute atomic E-state index is 8.81. The average molecular weight is 86.1 g/mol. The van der Waals surface area contributed by atoms with Crippen LogP contribution in [0.25, 0.3) is 0 Å². The molecule has 0 radical (unpaired) electrons. The van der Waals surface area contributed by atoms with Crippen molar-refractivity contribution in [3.63, 3.8) is 0 Å². The van der Waals surface area contributed by atoms with Crippen LogP contribution < -0.4 is 29.6 Å². The Morgan fingerprint density at radius 1 is 1.80 bits per heavy atom. The molecule has 0 spiro atoms. The third-order valence-corrected chi connectivity index (χ3v) is 0. The summed E-state index contributed by atoms with van der Waals surface area (Å²) >= 11 is 0. The molecule has 0 rings (SSSR count). The van der Waals surface area contributed by atoms with Gasteiger partial charge in [0.1, 0.15) is 6.29 Å². The predicted molar refractivity (Wildman–Crippen MR) is 16.5 cm³/mol. The van der Waals surface area contributed by atoms with E-state index in [-0.39, 0.29) is 36.5 Å². The van der Waals surface area contributed by atoms with Crippen LogP contribution in [0.5, 0.6) is 0 Å². The normalized spacial score (nSPS) is 2.60. The van der Waals surface area contributed by atoms with Crippen molar-refractivity contribution in [2.24, 2.45) is 0 Å². The standard InChI is InChI=1S/C2H4O.Na.H2O.H/c1-2-3;;;/h2H,1H3;;1H2;/q;+1;;-1. The molecule has 0 bridgehead atoms. The minimum absolute atomic E-state index is 0. The summed E-state index contributed by atoms with van der Waals surface area (Å²) in [5.74, 6) is 0. The molecule has 0 aromatic heterocycles. The first kappa shape index (κ1) is 17.4. The molecule has 0 heterocycles. The van der Waals surface area contributed by atoms with Gasteiger partial charge in [-0.2, -0.15) is 0 Å².